The zero-order valence-electron chi connectivity index (χ0n) is 11.8. The van der Waals surface area contributed by atoms with E-state index in [1.807, 2.05) is 37.3 Å². The normalized spacial score (nSPS) is 13.0. The first-order valence-corrected chi connectivity index (χ1v) is 8.74. The van der Waals surface area contributed by atoms with Gasteiger partial charge in [0, 0.05) is 11.9 Å². The molecular formula is C16H18ClNO2S. The quantitative estimate of drug-likeness (QED) is 0.825. The molecule has 2 rings (SSSR count). The largest absolute Gasteiger partial charge is 0.241 e. The Morgan fingerprint density at radius 3 is 2.24 bits per heavy atom. The predicted molar refractivity (Wildman–Crippen MR) is 86.0 cm³/mol. The molecule has 21 heavy (non-hydrogen) atoms. The number of alkyl halides is 1. The number of rotatable bonds is 6. The third-order valence-corrected chi connectivity index (χ3v) is 4.93. The van der Waals surface area contributed by atoms with Crippen molar-refractivity contribution in [2.45, 2.75) is 24.3 Å². The van der Waals surface area contributed by atoms with Gasteiger partial charge in [0.05, 0.1) is 4.90 Å². The summed E-state index contributed by atoms with van der Waals surface area (Å²) in [7, 11) is -3.56. The Kier molecular flexibility index (Phi) is 5.39. The second-order valence-electron chi connectivity index (χ2n) is 4.88. The van der Waals surface area contributed by atoms with Crippen LogP contribution in [0.4, 0.5) is 0 Å². The Morgan fingerprint density at radius 2 is 1.67 bits per heavy atom. The van der Waals surface area contributed by atoms with E-state index in [2.05, 4.69) is 4.72 Å². The number of halogens is 1. The fourth-order valence-electron chi connectivity index (χ4n) is 2.06. The van der Waals surface area contributed by atoms with Crippen molar-refractivity contribution in [1.29, 1.82) is 0 Å². The van der Waals surface area contributed by atoms with Crippen molar-refractivity contribution in [1.82, 2.24) is 4.72 Å². The van der Waals surface area contributed by atoms with Crippen molar-refractivity contribution < 1.29 is 8.42 Å². The third-order valence-electron chi connectivity index (χ3n) is 3.23. The summed E-state index contributed by atoms with van der Waals surface area (Å²) in [5.41, 5.74) is 1.93. The van der Waals surface area contributed by atoms with E-state index >= 15 is 0 Å². The molecule has 0 saturated carbocycles. The lowest BCUT2D eigenvalue weighted by Crippen LogP contribution is -2.29. The van der Waals surface area contributed by atoms with Gasteiger partial charge in [0.1, 0.15) is 0 Å². The topological polar surface area (TPSA) is 46.2 Å². The van der Waals surface area contributed by atoms with Crippen molar-refractivity contribution in [3.05, 3.63) is 65.7 Å². The van der Waals surface area contributed by atoms with E-state index in [1.54, 1.807) is 24.3 Å². The molecule has 2 aromatic carbocycles. The van der Waals surface area contributed by atoms with Crippen LogP contribution in [0, 0.1) is 6.92 Å². The molecule has 0 unspecified atom stereocenters. The minimum absolute atomic E-state index is 0.267. The van der Waals surface area contributed by atoms with Gasteiger partial charge in [-0.15, -0.1) is 11.6 Å². The lowest BCUT2D eigenvalue weighted by molar-refractivity contribution is 0.551. The molecule has 1 atom stereocenters. The van der Waals surface area contributed by atoms with E-state index in [0.29, 0.717) is 12.3 Å². The number of hydrogen-bond donors (Lipinski definition) is 1. The van der Waals surface area contributed by atoms with Crippen LogP contribution in [0.15, 0.2) is 59.5 Å². The van der Waals surface area contributed by atoms with Gasteiger partial charge in [-0.3, -0.25) is 0 Å². The summed E-state index contributed by atoms with van der Waals surface area (Å²) in [5.74, 6) is 0.385. The summed E-state index contributed by atoms with van der Waals surface area (Å²) in [4.78, 5) is 0.267. The van der Waals surface area contributed by atoms with E-state index in [4.69, 9.17) is 11.6 Å². The van der Waals surface area contributed by atoms with Crippen LogP contribution in [0.5, 0.6) is 0 Å². The molecule has 0 spiro atoms. The van der Waals surface area contributed by atoms with Gasteiger partial charge < -0.3 is 0 Å². The van der Waals surface area contributed by atoms with Crippen LogP contribution >= 0.6 is 11.6 Å². The smallest absolute Gasteiger partial charge is 0.207 e. The maximum absolute atomic E-state index is 12.4. The summed E-state index contributed by atoms with van der Waals surface area (Å²) >= 11 is 5.81. The molecule has 0 amide bonds. The van der Waals surface area contributed by atoms with Crippen LogP contribution in [0.2, 0.25) is 0 Å². The maximum Gasteiger partial charge on any atom is 0.241 e. The highest BCUT2D eigenvalue weighted by Crippen LogP contribution is 2.21. The highest BCUT2D eigenvalue weighted by molar-refractivity contribution is 7.89. The summed E-state index contributed by atoms with van der Waals surface area (Å²) < 4.78 is 27.6. The molecule has 0 saturated heterocycles. The second-order valence-corrected chi connectivity index (χ2v) is 6.97. The SMILES string of the molecule is Cc1ccc(S(=O)(=O)N[C@@H](CCCl)c2ccccc2)cc1. The number of hydrogen-bond acceptors (Lipinski definition) is 2. The lowest BCUT2D eigenvalue weighted by Gasteiger charge is -2.18. The van der Waals surface area contributed by atoms with Crippen molar-refractivity contribution in [2.24, 2.45) is 0 Å². The van der Waals surface area contributed by atoms with Gasteiger partial charge in [0.25, 0.3) is 0 Å². The fraction of sp³-hybridized carbons (Fsp3) is 0.250. The molecule has 3 nitrogen and oxygen atoms in total. The zero-order valence-corrected chi connectivity index (χ0v) is 13.4. The van der Waals surface area contributed by atoms with Gasteiger partial charge >= 0.3 is 0 Å². The van der Waals surface area contributed by atoms with E-state index < -0.39 is 10.0 Å². The predicted octanol–water partition coefficient (Wildman–Crippen LogP) is 3.64. The summed E-state index contributed by atoms with van der Waals surface area (Å²) in [6.07, 6.45) is 0.538. The van der Waals surface area contributed by atoms with Gasteiger partial charge in [-0.2, -0.15) is 0 Å². The molecule has 0 aliphatic carbocycles. The number of sulfonamides is 1. The van der Waals surface area contributed by atoms with E-state index in [1.165, 1.54) is 0 Å². The molecule has 0 radical (unpaired) electrons. The number of nitrogens with one attached hydrogen (secondary N) is 1. The van der Waals surface area contributed by atoms with Gasteiger partial charge in [0.2, 0.25) is 10.0 Å². The Bertz CT molecular complexity index is 669. The monoisotopic (exact) mass is 323 g/mol. The number of aryl methyl sites for hydroxylation is 1. The first-order chi connectivity index (χ1) is 10.0. The average Bonchev–Trinajstić information content (AvgIpc) is 2.48. The van der Waals surface area contributed by atoms with Crippen molar-refractivity contribution in [3.8, 4) is 0 Å². The molecule has 2 aromatic rings. The van der Waals surface area contributed by atoms with E-state index in [0.717, 1.165) is 11.1 Å². The maximum atomic E-state index is 12.4. The van der Waals surface area contributed by atoms with E-state index in [9.17, 15) is 8.42 Å². The highest BCUT2D eigenvalue weighted by Gasteiger charge is 2.20. The van der Waals surface area contributed by atoms with Crippen LogP contribution in [-0.2, 0) is 10.0 Å². The van der Waals surface area contributed by atoms with E-state index in [-0.39, 0.29) is 10.9 Å². The van der Waals surface area contributed by atoms with Crippen LogP contribution in [0.3, 0.4) is 0 Å². The molecule has 0 bridgehead atoms. The minimum Gasteiger partial charge on any atom is -0.207 e. The third kappa shape index (κ3) is 4.30. The molecule has 1 N–H and O–H groups in total. The zero-order chi connectivity index (χ0) is 15.3. The average molecular weight is 324 g/mol. The highest BCUT2D eigenvalue weighted by atomic mass is 35.5. The molecule has 0 aromatic heterocycles. The second kappa shape index (κ2) is 7.07. The Labute approximate surface area is 131 Å². The number of benzene rings is 2. The summed E-state index contributed by atoms with van der Waals surface area (Å²) in [6, 6.07) is 15.9. The van der Waals surface area contributed by atoms with Gasteiger partial charge in [-0.1, -0.05) is 48.0 Å². The summed E-state index contributed by atoms with van der Waals surface area (Å²) in [6.45, 7) is 1.92. The van der Waals surface area contributed by atoms with Gasteiger partial charge in [-0.25, -0.2) is 13.1 Å². The Balaban J connectivity index is 2.25. The van der Waals surface area contributed by atoms with Crippen molar-refractivity contribution in [2.75, 3.05) is 5.88 Å². The molecule has 5 heteroatoms. The van der Waals surface area contributed by atoms with Gasteiger partial charge in [0.15, 0.2) is 0 Å². The Hall–Kier alpha value is -1.36. The van der Waals surface area contributed by atoms with Gasteiger partial charge in [-0.05, 0) is 31.0 Å². The molecule has 0 aliphatic heterocycles. The fourth-order valence-corrected chi connectivity index (χ4v) is 3.54. The molecule has 0 fully saturated rings. The Morgan fingerprint density at radius 1 is 1.05 bits per heavy atom. The minimum atomic E-state index is -3.56. The van der Waals surface area contributed by atoms with Crippen molar-refractivity contribution >= 4 is 21.6 Å². The molecule has 0 aliphatic rings. The van der Waals surface area contributed by atoms with Crippen molar-refractivity contribution in [3.63, 3.8) is 0 Å². The first kappa shape index (κ1) is 16.0. The molecule has 112 valence electrons. The molecule has 0 heterocycles. The van der Waals surface area contributed by atoms with Crippen LogP contribution < -0.4 is 4.72 Å². The first-order valence-electron chi connectivity index (χ1n) is 6.73. The standard InChI is InChI=1S/C16H18ClNO2S/c1-13-7-9-15(10-8-13)21(19,20)18-16(11-12-17)14-5-3-2-4-6-14/h2-10,16,18H,11-12H2,1H3/t16-/m0/s1. The van der Waals surface area contributed by atoms with Crippen LogP contribution in [-0.4, -0.2) is 14.3 Å². The van der Waals surface area contributed by atoms with Crippen LogP contribution in [0.1, 0.15) is 23.6 Å². The van der Waals surface area contributed by atoms with Crippen LogP contribution in [0.25, 0.3) is 0 Å². The summed E-state index contributed by atoms with van der Waals surface area (Å²) in [5, 5.41) is 0. The lowest BCUT2D eigenvalue weighted by atomic mass is 10.1. The molecular weight excluding hydrogens is 306 g/mol.